The Labute approximate surface area is 113 Å². The van der Waals surface area contributed by atoms with Crippen LogP contribution in [0.2, 0.25) is 5.02 Å². The molecule has 19 heavy (non-hydrogen) atoms. The van der Waals surface area contributed by atoms with Crippen LogP contribution in [-0.2, 0) is 16.2 Å². The van der Waals surface area contributed by atoms with Crippen molar-refractivity contribution in [1.82, 2.24) is 4.72 Å². The summed E-state index contributed by atoms with van der Waals surface area (Å²) in [5.41, 5.74) is -1.35. The fourth-order valence-corrected chi connectivity index (χ4v) is 2.94. The van der Waals surface area contributed by atoms with Crippen molar-refractivity contribution in [2.45, 2.75) is 24.0 Å². The highest BCUT2D eigenvalue weighted by molar-refractivity contribution is 7.89. The Bertz CT molecular complexity index is 560. The van der Waals surface area contributed by atoms with Crippen LogP contribution in [0.4, 0.5) is 13.2 Å². The van der Waals surface area contributed by atoms with Crippen molar-refractivity contribution in [2.24, 2.45) is 0 Å². The van der Waals surface area contributed by atoms with Crippen LogP contribution in [-0.4, -0.2) is 26.2 Å². The molecule has 0 aliphatic rings. The third kappa shape index (κ3) is 4.07. The van der Waals surface area contributed by atoms with Crippen LogP contribution in [0.15, 0.2) is 23.1 Å². The molecular formula is C10H11ClF3NO3S. The summed E-state index contributed by atoms with van der Waals surface area (Å²) < 4.78 is 63.9. The first-order valence-corrected chi connectivity index (χ1v) is 6.94. The topological polar surface area (TPSA) is 66.4 Å². The molecule has 0 fully saturated rings. The molecule has 0 radical (unpaired) electrons. The predicted octanol–water partition coefficient (Wildman–Crippen LogP) is 2.02. The van der Waals surface area contributed by atoms with Gasteiger partial charge in [0.05, 0.1) is 17.1 Å². The van der Waals surface area contributed by atoms with Crippen molar-refractivity contribution in [3.63, 3.8) is 0 Å². The Kier molecular flexibility index (Phi) is 4.83. The van der Waals surface area contributed by atoms with Gasteiger partial charge in [0.15, 0.2) is 0 Å². The molecule has 4 nitrogen and oxygen atoms in total. The van der Waals surface area contributed by atoms with Gasteiger partial charge in [-0.05, 0) is 25.1 Å². The van der Waals surface area contributed by atoms with E-state index in [-0.39, 0.29) is 5.02 Å². The Morgan fingerprint density at radius 1 is 1.42 bits per heavy atom. The normalized spacial score (nSPS) is 14.4. The smallest absolute Gasteiger partial charge is 0.395 e. The van der Waals surface area contributed by atoms with Gasteiger partial charge in [0.25, 0.3) is 0 Å². The minimum atomic E-state index is -4.85. The second kappa shape index (κ2) is 5.66. The number of hydrogen-bond acceptors (Lipinski definition) is 3. The molecule has 1 aromatic carbocycles. The van der Waals surface area contributed by atoms with Gasteiger partial charge >= 0.3 is 6.18 Å². The summed E-state index contributed by atoms with van der Waals surface area (Å²) in [7, 11) is -4.39. The second-order valence-electron chi connectivity index (χ2n) is 3.84. The summed E-state index contributed by atoms with van der Waals surface area (Å²) in [5.74, 6) is 0. The van der Waals surface area contributed by atoms with E-state index in [4.69, 9.17) is 16.7 Å². The zero-order chi connectivity index (χ0) is 14.8. The van der Waals surface area contributed by atoms with Gasteiger partial charge in [0.1, 0.15) is 0 Å². The van der Waals surface area contributed by atoms with Gasteiger partial charge in [-0.25, -0.2) is 13.1 Å². The molecule has 1 aromatic rings. The molecule has 0 heterocycles. The predicted molar refractivity (Wildman–Crippen MR) is 63.3 cm³/mol. The van der Waals surface area contributed by atoms with Crippen LogP contribution < -0.4 is 4.72 Å². The number of benzene rings is 1. The van der Waals surface area contributed by atoms with E-state index in [1.165, 1.54) is 6.92 Å². The number of alkyl halides is 3. The molecule has 0 unspecified atom stereocenters. The molecule has 1 atom stereocenters. The van der Waals surface area contributed by atoms with E-state index in [9.17, 15) is 21.6 Å². The van der Waals surface area contributed by atoms with Crippen LogP contribution in [0.3, 0.4) is 0 Å². The third-order valence-corrected chi connectivity index (χ3v) is 4.05. The lowest BCUT2D eigenvalue weighted by atomic mass is 10.2. The Balaban J connectivity index is 3.35. The van der Waals surface area contributed by atoms with Gasteiger partial charge in [-0.1, -0.05) is 11.6 Å². The van der Waals surface area contributed by atoms with Crippen LogP contribution in [0, 0.1) is 0 Å². The van der Waals surface area contributed by atoms with E-state index in [1.54, 1.807) is 0 Å². The van der Waals surface area contributed by atoms with E-state index < -0.39 is 39.3 Å². The Morgan fingerprint density at radius 3 is 2.47 bits per heavy atom. The van der Waals surface area contributed by atoms with Gasteiger partial charge in [-0.15, -0.1) is 0 Å². The van der Waals surface area contributed by atoms with E-state index >= 15 is 0 Å². The maximum absolute atomic E-state index is 12.8. The van der Waals surface area contributed by atoms with E-state index in [0.29, 0.717) is 6.07 Å². The van der Waals surface area contributed by atoms with Gasteiger partial charge in [-0.3, -0.25) is 0 Å². The minimum Gasteiger partial charge on any atom is -0.395 e. The van der Waals surface area contributed by atoms with Crippen LogP contribution >= 0.6 is 11.6 Å². The SMILES string of the molecule is C[C@H](CO)NS(=O)(=O)c1ccc(Cl)cc1C(F)(F)F. The summed E-state index contributed by atoms with van der Waals surface area (Å²) in [6.07, 6.45) is -4.85. The Hall–Kier alpha value is -0.830. The molecular weight excluding hydrogens is 307 g/mol. The van der Waals surface area contributed by atoms with Crippen molar-refractivity contribution >= 4 is 21.6 Å². The summed E-state index contributed by atoms with van der Waals surface area (Å²) in [4.78, 5) is -0.926. The summed E-state index contributed by atoms with van der Waals surface area (Å²) in [6.45, 7) is 0.787. The van der Waals surface area contributed by atoms with Gasteiger partial charge in [0, 0.05) is 11.1 Å². The molecule has 0 amide bonds. The molecule has 2 N–H and O–H groups in total. The van der Waals surface area contributed by atoms with E-state index in [2.05, 4.69) is 0 Å². The quantitative estimate of drug-likeness (QED) is 0.893. The van der Waals surface area contributed by atoms with Crippen LogP contribution in [0.1, 0.15) is 12.5 Å². The first-order valence-electron chi connectivity index (χ1n) is 5.08. The maximum atomic E-state index is 12.8. The van der Waals surface area contributed by atoms with Crippen molar-refractivity contribution in [1.29, 1.82) is 0 Å². The molecule has 0 spiro atoms. The van der Waals surface area contributed by atoms with Crippen LogP contribution in [0.25, 0.3) is 0 Å². The summed E-state index contributed by atoms with van der Waals surface area (Å²) in [5, 5.41) is 8.53. The number of halogens is 4. The number of aliphatic hydroxyl groups excluding tert-OH is 1. The molecule has 0 aromatic heterocycles. The lowest BCUT2D eigenvalue weighted by molar-refractivity contribution is -0.139. The zero-order valence-electron chi connectivity index (χ0n) is 9.70. The highest BCUT2D eigenvalue weighted by Gasteiger charge is 2.37. The lowest BCUT2D eigenvalue weighted by Gasteiger charge is -2.16. The van der Waals surface area contributed by atoms with Crippen molar-refractivity contribution in [3.05, 3.63) is 28.8 Å². The molecule has 9 heteroatoms. The first kappa shape index (κ1) is 16.2. The molecule has 1 rings (SSSR count). The van der Waals surface area contributed by atoms with E-state index in [0.717, 1.165) is 12.1 Å². The van der Waals surface area contributed by atoms with Crippen molar-refractivity contribution in [3.8, 4) is 0 Å². The highest BCUT2D eigenvalue weighted by atomic mass is 35.5. The molecule has 108 valence electrons. The fourth-order valence-electron chi connectivity index (χ4n) is 1.32. The lowest BCUT2D eigenvalue weighted by Crippen LogP contribution is -2.36. The zero-order valence-corrected chi connectivity index (χ0v) is 11.3. The van der Waals surface area contributed by atoms with Crippen molar-refractivity contribution in [2.75, 3.05) is 6.61 Å². The van der Waals surface area contributed by atoms with Gasteiger partial charge in [-0.2, -0.15) is 13.2 Å². The average molecular weight is 318 g/mol. The van der Waals surface area contributed by atoms with Crippen LogP contribution in [0.5, 0.6) is 0 Å². The molecule has 0 bridgehead atoms. The third-order valence-electron chi connectivity index (χ3n) is 2.17. The monoisotopic (exact) mass is 317 g/mol. The minimum absolute atomic E-state index is 0.221. The molecule has 0 aliphatic carbocycles. The number of hydrogen-bond donors (Lipinski definition) is 2. The highest BCUT2D eigenvalue weighted by Crippen LogP contribution is 2.35. The molecule has 0 saturated heterocycles. The Morgan fingerprint density at radius 2 is 2.00 bits per heavy atom. The number of rotatable bonds is 4. The fraction of sp³-hybridized carbons (Fsp3) is 0.400. The number of nitrogens with one attached hydrogen (secondary N) is 1. The number of sulfonamides is 1. The molecule has 0 saturated carbocycles. The van der Waals surface area contributed by atoms with Gasteiger partial charge in [0.2, 0.25) is 10.0 Å². The van der Waals surface area contributed by atoms with Gasteiger partial charge < -0.3 is 5.11 Å². The second-order valence-corrected chi connectivity index (χ2v) is 5.96. The van der Waals surface area contributed by atoms with Crippen molar-refractivity contribution < 1.29 is 26.7 Å². The number of aliphatic hydroxyl groups is 1. The summed E-state index contributed by atoms with van der Waals surface area (Å²) in [6, 6.07) is 1.47. The standard InChI is InChI=1S/C10H11ClF3NO3S/c1-6(5-16)15-19(17,18)9-3-2-7(11)4-8(9)10(12,13)14/h2-4,6,15-16H,5H2,1H3/t6-/m1/s1. The summed E-state index contributed by atoms with van der Waals surface area (Å²) >= 11 is 5.45. The first-order chi connectivity index (χ1) is 8.58. The average Bonchev–Trinajstić information content (AvgIpc) is 2.26. The largest absolute Gasteiger partial charge is 0.417 e. The molecule has 0 aliphatic heterocycles. The van der Waals surface area contributed by atoms with E-state index in [1.807, 2.05) is 4.72 Å². The maximum Gasteiger partial charge on any atom is 0.417 e.